The second-order valence-electron chi connectivity index (χ2n) is 5.62. The van der Waals surface area contributed by atoms with Crippen molar-refractivity contribution in [2.24, 2.45) is 0 Å². The van der Waals surface area contributed by atoms with E-state index in [9.17, 15) is 15.0 Å². The van der Waals surface area contributed by atoms with Gasteiger partial charge in [-0.15, -0.1) is 0 Å². The van der Waals surface area contributed by atoms with E-state index in [2.05, 4.69) is 4.74 Å². The van der Waals surface area contributed by atoms with Crippen molar-refractivity contribution in [1.82, 2.24) is 0 Å². The van der Waals surface area contributed by atoms with Crippen molar-refractivity contribution in [3.63, 3.8) is 0 Å². The highest BCUT2D eigenvalue weighted by Gasteiger charge is 2.56. The summed E-state index contributed by atoms with van der Waals surface area (Å²) in [7, 11) is 2.68. The molecule has 1 saturated carbocycles. The molecule has 0 amide bonds. The van der Waals surface area contributed by atoms with E-state index >= 15 is 0 Å². The van der Waals surface area contributed by atoms with Gasteiger partial charge in [0.15, 0.2) is 11.4 Å². The van der Waals surface area contributed by atoms with Gasteiger partial charge in [-0.2, -0.15) is 0 Å². The molecule has 1 heterocycles. The van der Waals surface area contributed by atoms with Crippen molar-refractivity contribution in [2.75, 3.05) is 14.2 Å². The normalized spacial score (nSPS) is 48.5. The first kappa shape index (κ1) is 15.7. The second kappa shape index (κ2) is 5.23. The maximum Gasteiger partial charge on any atom is 0.338 e. The number of methoxy groups -OCH3 is 2. The van der Waals surface area contributed by atoms with Gasteiger partial charge in [0.1, 0.15) is 12.2 Å². The minimum absolute atomic E-state index is 0.00687. The Bertz CT molecular complexity index is 387. The van der Waals surface area contributed by atoms with Crippen LogP contribution in [0.4, 0.5) is 0 Å². The molecule has 1 saturated heterocycles. The molecule has 2 rings (SSSR count). The van der Waals surface area contributed by atoms with Crippen LogP contribution in [-0.4, -0.2) is 66.2 Å². The van der Waals surface area contributed by atoms with Gasteiger partial charge < -0.3 is 29.2 Å². The van der Waals surface area contributed by atoms with Crippen LogP contribution in [0.2, 0.25) is 0 Å². The Hall–Kier alpha value is -0.730. The van der Waals surface area contributed by atoms with Crippen LogP contribution in [0.3, 0.4) is 0 Å². The number of fused-ring (bicyclic) bond motifs is 1. The summed E-state index contributed by atoms with van der Waals surface area (Å²) in [6.45, 7) is 3.50. The number of hydrogen-bond acceptors (Lipinski definition) is 7. The van der Waals surface area contributed by atoms with Crippen LogP contribution in [0.1, 0.15) is 26.7 Å². The van der Waals surface area contributed by atoms with Gasteiger partial charge in [-0.25, -0.2) is 4.79 Å². The molecule has 2 aliphatic rings. The number of carbonyl (C=O) groups excluding carboxylic acids is 1. The molecule has 2 N–H and O–H groups in total. The zero-order valence-electron chi connectivity index (χ0n) is 12.2. The van der Waals surface area contributed by atoms with Crippen LogP contribution >= 0.6 is 0 Å². The van der Waals surface area contributed by atoms with E-state index in [0.29, 0.717) is 0 Å². The maximum absolute atomic E-state index is 11.7. The van der Waals surface area contributed by atoms with Gasteiger partial charge in [0.25, 0.3) is 0 Å². The molecule has 1 aliphatic carbocycles. The average molecular weight is 290 g/mol. The standard InChI is InChI=1S/C13H22O7/c1-7-12(2,18-4)20-9-6-13(16,11(15)17-3)5-8(14)10(9)19-7/h7-10,14,16H,5-6H2,1-4H3. The third-order valence-corrected chi connectivity index (χ3v) is 4.29. The lowest BCUT2D eigenvalue weighted by Crippen LogP contribution is -2.65. The van der Waals surface area contributed by atoms with Gasteiger partial charge in [0, 0.05) is 20.0 Å². The van der Waals surface area contributed by atoms with Crippen molar-refractivity contribution in [3.8, 4) is 0 Å². The lowest BCUT2D eigenvalue weighted by atomic mass is 9.78. The lowest BCUT2D eigenvalue weighted by Gasteiger charge is -2.51. The Morgan fingerprint density at radius 3 is 2.55 bits per heavy atom. The van der Waals surface area contributed by atoms with Gasteiger partial charge in [0.05, 0.1) is 19.3 Å². The minimum atomic E-state index is -1.77. The van der Waals surface area contributed by atoms with Crippen molar-refractivity contribution < 1.29 is 34.0 Å². The van der Waals surface area contributed by atoms with Gasteiger partial charge in [-0.3, -0.25) is 0 Å². The molecule has 0 aromatic rings. The number of ether oxygens (including phenoxy) is 4. The molecule has 116 valence electrons. The quantitative estimate of drug-likeness (QED) is 0.667. The van der Waals surface area contributed by atoms with Crippen molar-refractivity contribution >= 4 is 5.97 Å². The maximum atomic E-state index is 11.7. The molecular weight excluding hydrogens is 268 g/mol. The Kier molecular flexibility index (Phi) is 4.10. The van der Waals surface area contributed by atoms with Crippen LogP contribution in [-0.2, 0) is 23.7 Å². The predicted molar refractivity (Wildman–Crippen MR) is 66.8 cm³/mol. The minimum Gasteiger partial charge on any atom is -0.467 e. The van der Waals surface area contributed by atoms with E-state index in [0.717, 1.165) is 0 Å². The van der Waals surface area contributed by atoms with E-state index in [1.165, 1.54) is 14.2 Å². The van der Waals surface area contributed by atoms with E-state index in [-0.39, 0.29) is 18.9 Å². The first-order valence-corrected chi connectivity index (χ1v) is 6.63. The van der Waals surface area contributed by atoms with Gasteiger partial charge >= 0.3 is 5.97 Å². The fourth-order valence-corrected chi connectivity index (χ4v) is 2.86. The van der Waals surface area contributed by atoms with Crippen molar-refractivity contribution in [3.05, 3.63) is 0 Å². The lowest BCUT2D eigenvalue weighted by molar-refractivity contribution is -0.369. The Balaban J connectivity index is 2.21. The van der Waals surface area contributed by atoms with Gasteiger partial charge in [-0.05, 0) is 13.8 Å². The van der Waals surface area contributed by atoms with Crippen LogP contribution in [0.15, 0.2) is 0 Å². The number of aliphatic hydroxyl groups excluding tert-OH is 1. The molecule has 0 aromatic heterocycles. The number of hydrogen-bond donors (Lipinski definition) is 2. The van der Waals surface area contributed by atoms with Crippen molar-refractivity contribution in [2.45, 2.75) is 62.5 Å². The van der Waals surface area contributed by atoms with E-state index in [1.807, 2.05) is 0 Å². The molecule has 0 bridgehead atoms. The summed E-state index contributed by atoms with van der Waals surface area (Å²) in [5, 5.41) is 20.5. The average Bonchev–Trinajstić information content (AvgIpc) is 2.40. The van der Waals surface area contributed by atoms with Crippen molar-refractivity contribution in [1.29, 1.82) is 0 Å². The summed E-state index contributed by atoms with van der Waals surface area (Å²) in [6, 6.07) is 0. The van der Waals surface area contributed by atoms with Crippen LogP contribution in [0, 0.1) is 0 Å². The predicted octanol–water partition coefficient (Wildman–Crippen LogP) is -0.420. The Morgan fingerprint density at radius 2 is 2.00 bits per heavy atom. The highest BCUT2D eigenvalue weighted by atomic mass is 16.7. The summed E-state index contributed by atoms with van der Waals surface area (Å²) in [6.07, 6.45) is -2.79. The Labute approximate surface area is 117 Å². The molecule has 0 radical (unpaired) electrons. The molecule has 6 atom stereocenters. The van der Waals surface area contributed by atoms with Crippen LogP contribution in [0.5, 0.6) is 0 Å². The fraction of sp³-hybridized carbons (Fsp3) is 0.923. The second-order valence-corrected chi connectivity index (χ2v) is 5.62. The molecule has 0 spiro atoms. The molecule has 0 aromatic carbocycles. The molecule has 7 heteroatoms. The van der Waals surface area contributed by atoms with E-state index < -0.39 is 35.7 Å². The third kappa shape index (κ3) is 2.44. The molecule has 6 unspecified atom stereocenters. The largest absolute Gasteiger partial charge is 0.467 e. The highest BCUT2D eigenvalue weighted by Crippen LogP contribution is 2.40. The summed E-state index contributed by atoms with van der Waals surface area (Å²) >= 11 is 0. The number of carbonyl (C=O) groups is 1. The summed E-state index contributed by atoms with van der Waals surface area (Å²) in [4.78, 5) is 11.7. The first-order valence-electron chi connectivity index (χ1n) is 6.63. The smallest absolute Gasteiger partial charge is 0.338 e. The van der Waals surface area contributed by atoms with Gasteiger partial charge in [-0.1, -0.05) is 0 Å². The Morgan fingerprint density at radius 1 is 1.35 bits per heavy atom. The molecule has 1 aliphatic heterocycles. The fourth-order valence-electron chi connectivity index (χ4n) is 2.86. The third-order valence-electron chi connectivity index (χ3n) is 4.29. The molecular formula is C13H22O7. The highest BCUT2D eigenvalue weighted by molar-refractivity contribution is 5.79. The van der Waals surface area contributed by atoms with E-state index in [1.54, 1.807) is 13.8 Å². The SMILES string of the molecule is COC(=O)C1(O)CC(O)C2OC(C)C(C)(OC)OC2C1. The first-order chi connectivity index (χ1) is 9.25. The van der Waals surface area contributed by atoms with Crippen LogP contribution < -0.4 is 0 Å². The summed E-state index contributed by atoms with van der Waals surface area (Å²) in [5.41, 5.74) is -1.77. The summed E-state index contributed by atoms with van der Waals surface area (Å²) < 4.78 is 21.5. The zero-order valence-corrected chi connectivity index (χ0v) is 12.2. The molecule has 20 heavy (non-hydrogen) atoms. The number of esters is 1. The molecule has 7 nitrogen and oxygen atoms in total. The number of rotatable bonds is 2. The van der Waals surface area contributed by atoms with Crippen LogP contribution in [0.25, 0.3) is 0 Å². The molecule has 2 fully saturated rings. The zero-order chi connectivity index (χ0) is 15.1. The monoisotopic (exact) mass is 290 g/mol. The number of aliphatic hydroxyl groups is 2. The topological polar surface area (TPSA) is 94.5 Å². The summed E-state index contributed by atoms with van der Waals surface area (Å²) in [5.74, 6) is -1.77. The van der Waals surface area contributed by atoms with E-state index in [4.69, 9.17) is 14.2 Å². The van der Waals surface area contributed by atoms with Gasteiger partial charge in [0.2, 0.25) is 0 Å².